The average Bonchev–Trinajstić information content (AvgIpc) is 3.12. The van der Waals surface area contributed by atoms with Crippen molar-refractivity contribution in [3.8, 4) is 11.5 Å². The molecule has 0 aliphatic rings. The van der Waals surface area contributed by atoms with Gasteiger partial charge in [0.15, 0.2) is 18.0 Å². The summed E-state index contributed by atoms with van der Waals surface area (Å²) in [7, 11) is 4.34. The van der Waals surface area contributed by atoms with Gasteiger partial charge in [-0.25, -0.2) is 19.8 Å². The number of phenolic OH excluding ortho intramolecular Hbond substituents is 1. The van der Waals surface area contributed by atoms with Crippen LogP contribution in [0.2, 0.25) is 0 Å². The molecular weight excluding hydrogens is 380 g/mol. The van der Waals surface area contributed by atoms with Crippen LogP contribution in [0, 0.1) is 0 Å². The van der Waals surface area contributed by atoms with Crippen molar-refractivity contribution >= 4 is 22.8 Å². The Bertz CT molecular complexity index is 1250. The van der Waals surface area contributed by atoms with Crippen LogP contribution in [0.1, 0.15) is 12.5 Å². The number of carbonyl (C=O) groups is 1. The maximum atomic E-state index is 12.4. The number of carbonyl (C=O) groups excluding carboxylic acids is 1. The van der Waals surface area contributed by atoms with Crippen LogP contribution in [0.15, 0.2) is 39.2 Å². The third-order valence-corrected chi connectivity index (χ3v) is 4.54. The van der Waals surface area contributed by atoms with Gasteiger partial charge in [0.05, 0.1) is 12.8 Å². The molecule has 0 atom stereocenters. The summed E-state index contributed by atoms with van der Waals surface area (Å²) in [6.07, 6.45) is 1.45. The summed E-state index contributed by atoms with van der Waals surface area (Å²) in [6.45, 7) is 1.51. The maximum Gasteiger partial charge on any atom is 0.333 e. The highest BCUT2D eigenvalue weighted by Crippen LogP contribution is 2.26. The Morgan fingerprint density at radius 1 is 1.31 bits per heavy atom. The van der Waals surface area contributed by atoms with Crippen LogP contribution in [-0.4, -0.2) is 38.0 Å². The number of amides is 1. The number of benzene rings is 1. The van der Waals surface area contributed by atoms with Crippen LogP contribution in [0.25, 0.3) is 11.2 Å². The van der Waals surface area contributed by atoms with Gasteiger partial charge in [-0.1, -0.05) is 0 Å². The van der Waals surface area contributed by atoms with Gasteiger partial charge in [-0.15, -0.1) is 0 Å². The molecule has 29 heavy (non-hydrogen) atoms. The molecule has 11 nitrogen and oxygen atoms in total. The smallest absolute Gasteiger partial charge is 0.333 e. The minimum Gasteiger partial charge on any atom is -0.504 e. The topological polar surface area (TPSA) is 135 Å². The van der Waals surface area contributed by atoms with E-state index in [0.29, 0.717) is 22.7 Å². The number of aromatic nitrogens is 4. The summed E-state index contributed by atoms with van der Waals surface area (Å²) in [6, 6.07) is 4.71. The van der Waals surface area contributed by atoms with E-state index in [1.165, 1.54) is 42.7 Å². The molecule has 0 saturated heterocycles. The Labute approximate surface area is 164 Å². The Morgan fingerprint density at radius 2 is 2.03 bits per heavy atom. The van der Waals surface area contributed by atoms with Gasteiger partial charge >= 0.3 is 11.2 Å². The predicted octanol–water partition coefficient (Wildman–Crippen LogP) is -0.893. The first-order chi connectivity index (χ1) is 13.7. The molecular formula is C18H21N6O5+. The van der Waals surface area contributed by atoms with Crippen molar-refractivity contribution in [3.05, 3.63) is 50.9 Å². The molecule has 3 rings (SSSR count). The number of nitrogens with zero attached hydrogens (tertiary/aromatic N) is 4. The van der Waals surface area contributed by atoms with E-state index in [1.54, 1.807) is 19.1 Å². The lowest BCUT2D eigenvalue weighted by Crippen LogP contribution is -2.46. The number of hydrazone groups is 1. The molecule has 0 fully saturated rings. The average molecular weight is 401 g/mol. The van der Waals surface area contributed by atoms with E-state index in [2.05, 4.69) is 15.5 Å². The van der Waals surface area contributed by atoms with Gasteiger partial charge in [0.2, 0.25) is 6.33 Å². The molecule has 0 unspecified atom stereocenters. The number of hydrogen-bond donors (Lipinski definition) is 3. The van der Waals surface area contributed by atoms with E-state index in [1.807, 2.05) is 0 Å². The fraction of sp³-hybridized carbons (Fsp3) is 0.278. The minimum absolute atomic E-state index is 0.000183. The van der Waals surface area contributed by atoms with Crippen LogP contribution in [0.4, 0.5) is 0 Å². The second-order valence-corrected chi connectivity index (χ2v) is 6.42. The largest absolute Gasteiger partial charge is 0.504 e. The summed E-state index contributed by atoms with van der Waals surface area (Å²) >= 11 is 0. The molecule has 0 spiro atoms. The number of aromatic hydroxyl groups is 1. The zero-order valence-electron chi connectivity index (χ0n) is 16.4. The first-order valence-electron chi connectivity index (χ1n) is 8.61. The lowest BCUT2D eigenvalue weighted by Gasteiger charge is -2.06. The molecule has 152 valence electrons. The molecule has 1 aromatic carbocycles. The third kappa shape index (κ3) is 3.61. The number of H-pyrrole nitrogens is 1. The second-order valence-electron chi connectivity index (χ2n) is 6.42. The Kier molecular flexibility index (Phi) is 5.22. The second kappa shape index (κ2) is 7.62. The number of rotatable bonds is 5. The lowest BCUT2D eigenvalue weighted by molar-refractivity contribution is -0.659. The number of phenols is 1. The molecule has 2 heterocycles. The number of aryl methyl sites for hydroxylation is 1. The van der Waals surface area contributed by atoms with Crippen molar-refractivity contribution in [1.29, 1.82) is 0 Å². The first kappa shape index (κ1) is 19.9. The van der Waals surface area contributed by atoms with E-state index >= 15 is 0 Å². The Morgan fingerprint density at radius 3 is 2.72 bits per heavy atom. The number of fused-ring (bicyclic) bond motifs is 1. The van der Waals surface area contributed by atoms with Crippen molar-refractivity contribution in [3.63, 3.8) is 0 Å². The standard InChI is InChI=1S/C18H20N6O5/c1-10(11-5-6-12(25)13(7-11)29-4)20-21-14(26)8-24-9-19-16-15(24)17(27)23(3)18(28)22(16)2/h5-7,9H,8H2,1-4H3,(H2,20,21,25,26)/p+1. The highest BCUT2D eigenvalue weighted by molar-refractivity contribution is 5.99. The molecule has 11 heteroatoms. The summed E-state index contributed by atoms with van der Waals surface area (Å²) in [5.74, 6) is -0.170. The number of methoxy groups -OCH3 is 1. The van der Waals surface area contributed by atoms with Gasteiger partial charge in [0, 0.05) is 19.7 Å². The van der Waals surface area contributed by atoms with Gasteiger partial charge < -0.3 is 9.84 Å². The molecule has 1 amide bonds. The fourth-order valence-electron chi connectivity index (χ4n) is 2.88. The van der Waals surface area contributed by atoms with Crippen molar-refractivity contribution < 1.29 is 19.2 Å². The van der Waals surface area contributed by atoms with Crippen molar-refractivity contribution in [2.24, 2.45) is 19.2 Å². The van der Waals surface area contributed by atoms with Crippen LogP contribution in [-0.2, 0) is 25.4 Å². The highest BCUT2D eigenvalue weighted by Gasteiger charge is 2.21. The quantitative estimate of drug-likeness (QED) is 0.290. The number of nitrogens with one attached hydrogen (secondary N) is 2. The van der Waals surface area contributed by atoms with Crippen molar-refractivity contribution in [1.82, 2.24) is 19.5 Å². The van der Waals surface area contributed by atoms with Crippen LogP contribution in [0.3, 0.4) is 0 Å². The summed E-state index contributed by atoms with van der Waals surface area (Å²) in [4.78, 5) is 39.6. The van der Waals surface area contributed by atoms with Crippen LogP contribution in [0.5, 0.6) is 11.5 Å². The zero-order chi connectivity index (χ0) is 21.3. The minimum atomic E-state index is -0.506. The third-order valence-electron chi connectivity index (χ3n) is 4.54. The first-order valence-corrected chi connectivity index (χ1v) is 8.61. The van der Waals surface area contributed by atoms with E-state index < -0.39 is 17.2 Å². The molecule has 0 radical (unpaired) electrons. The molecule has 0 aliphatic carbocycles. The molecule has 3 N–H and O–H groups in total. The normalized spacial score (nSPS) is 11.7. The monoisotopic (exact) mass is 401 g/mol. The number of imidazole rings is 1. The summed E-state index contributed by atoms with van der Waals surface area (Å²) in [5, 5.41) is 13.7. The fourth-order valence-corrected chi connectivity index (χ4v) is 2.88. The predicted molar refractivity (Wildman–Crippen MR) is 104 cm³/mol. The van der Waals surface area contributed by atoms with Crippen LogP contribution < -0.4 is 26.0 Å². The molecule has 0 bridgehead atoms. The highest BCUT2D eigenvalue weighted by atomic mass is 16.5. The molecule has 0 aliphatic heterocycles. The Hall–Kier alpha value is -3.89. The molecule has 2 aromatic heterocycles. The molecule has 3 aromatic rings. The van der Waals surface area contributed by atoms with Gasteiger partial charge in [0.1, 0.15) is 0 Å². The van der Waals surface area contributed by atoms with E-state index in [0.717, 1.165) is 4.57 Å². The summed E-state index contributed by atoms with van der Waals surface area (Å²) in [5.41, 5.74) is 3.13. The maximum absolute atomic E-state index is 12.4. The van der Waals surface area contributed by atoms with E-state index in [4.69, 9.17) is 4.74 Å². The SMILES string of the molecule is COc1cc(C(C)=NNC(=O)C[n+]2c[nH]c3c2c(=O)n(C)c(=O)n3C)ccc1O. The van der Waals surface area contributed by atoms with Gasteiger partial charge in [-0.2, -0.15) is 5.10 Å². The van der Waals surface area contributed by atoms with Crippen molar-refractivity contribution in [2.45, 2.75) is 13.5 Å². The van der Waals surface area contributed by atoms with Crippen LogP contribution >= 0.6 is 0 Å². The van der Waals surface area contributed by atoms with Crippen molar-refractivity contribution in [2.75, 3.05) is 7.11 Å². The number of aromatic amines is 1. The lowest BCUT2D eigenvalue weighted by atomic mass is 10.1. The zero-order valence-corrected chi connectivity index (χ0v) is 16.4. The van der Waals surface area contributed by atoms with Gasteiger partial charge in [0.25, 0.3) is 17.1 Å². The molecule has 0 saturated carbocycles. The van der Waals surface area contributed by atoms with Gasteiger partial charge in [-0.3, -0.25) is 18.7 Å². The number of hydrogen-bond acceptors (Lipinski definition) is 6. The van der Waals surface area contributed by atoms with Gasteiger partial charge in [-0.05, 0) is 25.1 Å². The Balaban J connectivity index is 1.82. The van der Waals surface area contributed by atoms with E-state index in [9.17, 15) is 19.5 Å². The van der Waals surface area contributed by atoms with E-state index in [-0.39, 0.29) is 17.8 Å². The number of ether oxygens (including phenoxy) is 1. The summed E-state index contributed by atoms with van der Waals surface area (Å²) < 4.78 is 8.75.